The lowest BCUT2D eigenvalue weighted by atomic mass is 10.1. The van der Waals surface area contributed by atoms with Crippen LogP contribution in [-0.4, -0.2) is 50.5 Å². The average Bonchev–Trinajstić information content (AvgIpc) is 2.76. The third kappa shape index (κ3) is 7.74. The second-order valence-electron chi connectivity index (χ2n) is 8.53. The van der Waals surface area contributed by atoms with Gasteiger partial charge in [-0.1, -0.05) is 54.8 Å². The van der Waals surface area contributed by atoms with Gasteiger partial charge in [0.1, 0.15) is 12.6 Å². The SMILES string of the molecule is CCCCNC(=O)C(C)N(Cc1ccc(Cl)cc1)C(=O)CN(c1ccc(C)cc1C)S(C)(=O)=O. The van der Waals surface area contributed by atoms with Gasteiger partial charge in [0, 0.05) is 18.1 Å². The van der Waals surface area contributed by atoms with E-state index < -0.39 is 28.5 Å². The van der Waals surface area contributed by atoms with E-state index in [4.69, 9.17) is 11.6 Å². The minimum atomic E-state index is -3.76. The second-order valence-corrected chi connectivity index (χ2v) is 10.9. The van der Waals surface area contributed by atoms with E-state index in [1.54, 1.807) is 50.2 Å². The Morgan fingerprint density at radius 2 is 1.74 bits per heavy atom. The molecule has 34 heavy (non-hydrogen) atoms. The summed E-state index contributed by atoms with van der Waals surface area (Å²) in [6, 6.07) is 11.6. The fourth-order valence-electron chi connectivity index (χ4n) is 3.59. The van der Waals surface area contributed by atoms with Crippen molar-refractivity contribution in [3.63, 3.8) is 0 Å². The Labute approximate surface area is 208 Å². The molecule has 0 heterocycles. The number of rotatable bonds is 11. The smallest absolute Gasteiger partial charge is 0.244 e. The van der Waals surface area contributed by atoms with Gasteiger partial charge in [-0.15, -0.1) is 0 Å². The van der Waals surface area contributed by atoms with Crippen molar-refractivity contribution in [1.82, 2.24) is 10.2 Å². The van der Waals surface area contributed by atoms with Gasteiger partial charge in [0.2, 0.25) is 21.8 Å². The number of nitrogens with one attached hydrogen (secondary N) is 1. The van der Waals surface area contributed by atoms with Crippen molar-refractivity contribution in [3.8, 4) is 0 Å². The summed E-state index contributed by atoms with van der Waals surface area (Å²) in [5.74, 6) is -0.758. The zero-order valence-electron chi connectivity index (χ0n) is 20.5. The Morgan fingerprint density at radius 1 is 1.09 bits per heavy atom. The number of hydrogen-bond donors (Lipinski definition) is 1. The van der Waals surface area contributed by atoms with Crippen molar-refractivity contribution < 1.29 is 18.0 Å². The molecule has 1 atom stereocenters. The number of unbranched alkanes of at least 4 members (excludes halogenated alkanes) is 1. The predicted molar refractivity (Wildman–Crippen MR) is 137 cm³/mol. The minimum absolute atomic E-state index is 0.142. The van der Waals surface area contributed by atoms with Gasteiger partial charge in [-0.2, -0.15) is 0 Å². The number of aryl methyl sites for hydroxylation is 2. The molecule has 1 N–H and O–H groups in total. The van der Waals surface area contributed by atoms with Gasteiger partial charge in [-0.25, -0.2) is 8.42 Å². The molecule has 0 fully saturated rings. The molecule has 0 aliphatic rings. The first-order valence-corrected chi connectivity index (χ1v) is 13.5. The van der Waals surface area contributed by atoms with Gasteiger partial charge < -0.3 is 10.2 Å². The Bertz CT molecular complexity index is 1100. The fourth-order valence-corrected chi connectivity index (χ4v) is 4.62. The third-order valence-corrected chi connectivity index (χ3v) is 6.94. The third-order valence-electron chi connectivity index (χ3n) is 5.56. The van der Waals surface area contributed by atoms with Crippen molar-refractivity contribution in [1.29, 1.82) is 0 Å². The summed E-state index contributed by atoms with van der Waals surface area (Å²) < 4.78 is 26.4. The summed E-state index contributed by atoms with van der Waals surface area (Å²) in [7, 11) is -3.76. The molecule has 0 saturated carbocycles. The Morgan fingerprint density at radius 3 is 2.29 bits per heavy atom. The zero-order chi connectivity index (χ0) is 25.5. The highest BCUT2D eigenvalue weighted by atomic mass is 35.5. The Hall–Kier alpha value is -2.58. The van der Waals surface area contributed by atoms with Crippen LogP contribution < -0.4 is 9.62 Å². The maximum atomic E-state index is 13.5. The maximum Gasteiger partial charge on any atom is 0.244 e. The number of halogens is 1. The molecule has 0 radical (unpaired) electrons. The minimum Gasteiger partial charge on any atom is -0.354 e. The number of hydrogen-bond acceptors (Lipinski definition) is 4. The van der Waals surface area contributed by atoms with E-state index in [9.17, 15) is 18.0 Å². The van der Waals surface area contributed by atoms with E-state index in [0.717, 1.165) is 40.1 Å². The van der Waals surface area contributed by atoms with Crippen LogP contribution in [0.25, 0.3) is 0 Å². The van der Waals surface area contributed by atoms with E-state index in [0.29, 0.717) is 17.3 Å². The molecule has 0 aliphatic carbocycles. The van der Waals surface area contributed by atoms with E-state index in [2.05, 4.69) is 5.32 Å². The zero-order valence-corrected chi connectivity index (χ0v) is 22.0. The number of anilines is 1. The molecule has 2 rings (SSSR count). The first-order valence-electron chi connectivity index (χ1n) is 11.3. The van der Waals surface area contributed by atoms with E-state index in [1.165, 1.54) is 4.90 Å². The topological polar surface area (TPSA) is 86.8 Å². The van der Waals surface area contributed by atoms with Gasteiger partial charge in [0.05, 0.1) is 11.9 Å². The quantitative estimate of drug-likeness (QED) is 0.465. The number of carbonyl (C=O) groups excluding carboxylic acids is 2. The van der Waals surface area contributed by atoms with Gasteiger partial charge in [-0.05, 0) is 56.5 Å². The van der Waals surface area contributed by atoms with Crippen molar-refractivity contribution >= 4 is 39.1 Å². The lowest BCUT2D eigenvalue weighted by Gasteiger charge is -2.32. The summed E-state index contributed by atoms with van der Waals surface area (Å²) in [6.45, 7) is 7.64. The molecule has 2 amide bonds. The summed E-state index contributed by atoms with van der Waals surface area (Å²) in [5, 5.41) is 3.42. The molecule has 0 saturated heterocycles. The highest BCUT2D eigenvalue weighted by Crippen LogP contribution is 2.24. The molecule has 0 spiro atoms. The number of benzene rings is 2. The molecule has 9 heteroatoms. The first-order chi connectivity index (χ1) is 15.9. The Kier molecular flexibility index (Phi) is 9.94. The second kappa shape index (κ2) is 12.2. The Balaban J connectivity index is 2.37. The maximum absolute atomic E-state index is 13.5. The van der Waals surface area contributed by atoms with Crippen LogP contribution in [0.3, 0.4) is 0 Å². The summed E-state index contributed by atoms with van der Waals surface area (Å²) in [5.41, 5.74) is 2.95. The molecule has 0 aromatic heterocycles. The molecule has 2 aromatic rings. The fraction of sp³-hybridized carbons (Fsp3) is 0.440. The first kappa shape index (κ1) is 27.7. The van der Waals surface area contributed by atoms with E-state index in [1.807, 2.05) is 19.9 Å². The molecule has 0 aliphatic heterocycles. The average molecular weight is 508 g/mol. The molecule has 7 nitrogen and oxygen atoms in total. The lowest BCUT2D eigenvalue weighted by Crippen LogP contribution is -2.51. The normalized spacial score (nSPS) is 12.2. The van der Waals surface area contributed by atoms with Crippen molar-refractivity contribution in [3.05, 3.63) is 64.2 Å². The van der Waals surface area contributed by atoms with Gasteiger partial charge >= 0.3 is 0 Å². The predicted octanol–water partition coefficient (Wildman–Crippen LogP) is 4.06. The van der Waals surface area contributed by atoms with Gasteiger partial charge in [0.25, 0.3) is 0 Å². The lowest BCUT2D eigenvalue weighted by molar-refractivity contribution is -0.139. The largest absolute Gasteiger partial charge is 0.354 e. The van der Waals surface area contributed by atoms with Crippen LogP contribution in [0.1, 0.15) is 43.4 Å². The molecular formula is C25H34ClN3O4S. The molecule has 186 valence electrons. The highest BCUT2D eigenvalue weighted by Gasteiger charge is 2.30. The summed E-state index contributed by atoms with van der Waals surface area (Å²) in [4.78, 5) is 27.7. The molecule has 1 unspecified atom stereocenters. The number of amides is 2. The van der Waals surface area contributed by atoms with Crippen LogP contribution in [-0.2, 0) is 26.2 Å². The number of nitrogens with zero attached hydrogens (tertiary/aromatic N) is 2. The van der Waals surface area contributed by atoms with Crippen LogP contribution in [0.4, 0.5) is 5.69 Å². The van der Waals surface area contributed by atoms with Crippen LogP contribution in [0.5, 0.6) is 0 Å². The van der Waals surface area contributed by atoms with Crippen LogP contribution in [0.15, 0.2) is 42.5 Å². The highest BCUT2D eigenvalue weighted by molar-refractivity contribution is 7.92. The van der Waals surface area contributed by atoms with Crippen LogP contribution >= 0.6 is 11.6 Å². The molecule has 0 bridgehead atoms. The molecule has 2 aromatic carbocycles. The van der Waals surface area contributed by atoms with Crippen molar-refractivity contribution in [2.24, 2.45) is 0 Å². The molecular weight excluding hydrogens is 474 g/mol. The standard InChI is InChI=1S/C25H34ClN3O4S/c1-6-7-14-27-25(31)20(4)28(16-21-9-11-22(26)12-10-21)24(30)17-29(34(5,32)33)23-13-8-18(2)15-19(23)3/h8-13,15,20H,6-7,14,16-17H2,1-5H3,(H,27,31). The number of carbonyl (C=O) groups is 2. The van der Waals surface area contributed by atoms with E-state index in [-0.39, 0.29) is 12.5 Å². The summed E-state index contributed by atoms with van der Waals surface area (Å²) in [6.07, 6.45) is 2.84. The van der Waals surface area contributed by atoms with Crippen molar-refractivity contribution in [2.45, 2.75) is 53.1 Å². The number of sulfonamides is 1. The van der Waals surface area contributed by atoms with E-state index >= 15 is 0 Å². The van der Waals surface area contributed by atoms with Gasteiger partial charge in [0.15, 0.2) is 0 Å². The van der Waals surface area contributed by atoms with Crippen LogP contribution in [0.2, 0.25) is 5.02 Å². The van der Waals surface area contributed by atoms with Gasteiger partial charge in [-0.3, -0.25) is 13.9 Å². The monoisotopic (exact) mass is 507 g/mol. The summed E-state index contributed by atoms with van der Waals surface area (Å²) >= 11 is 5.99. The van der Waals surface area contributed by atoms with Crippen LogP contribution in [0, 0.1) is 13.8 Å². The van der Waals surface area contributed by atoms with Crippen molar-refractivity contribution in [2.75, 3.05) is 23.7 Å².